The Morgan fingerprint density at radius 1 is 1.21 bits per heavy atom. The number of rotatable bonds is 9. The van der Waals surface area contributed by atoms with Crippen molar-refractivity contribution in [3.8, 4) is 5.88 Å². The lowest BCUT2D eigenvalue weighted by molar-refractivity contribution is -0.0189. The van der Waals surface area contributed by atoms with E-state index in [2.05, 4.69) is 15.3 Å². The van der Waals surface area contributed by atoms with Crippen LogP contribution in [-0.2, 0) is 21.4 Å². The summed E-state index contributed by atoms with van der Waals surface area (Å²) in [5, 5.41) is 15.2. The van der Waals surface area contributed by atoms with E-state index in [1.54, 1.807) is 38.4 Å². The molecule has 1 aliphatic heterocycles. The van der Waals surface area contributed by atoms with Crippen LogP contribution in [0.5, 0.6) is 5.88 Å². The third-order valence-electron chi connectivity index (χ3n) is 7.53. The van der Waals surface area contributed by atoms with E-state index in [-0.39, 0.29) is 12.0 Å². The van der Waals surface area contributed by atoms with Gasteiger partial charge in [-0.1, -0.05) is 13.8 Å². The molecule has 3 aromatic rings. The molecule has 0 fully saturated rings. The lowest BCUT2D eigenvalue weighted by Gasteiger charge is -2.36. The van der Waals surface area contributed by atoms with Crippen molar-refractivity contribution in [1.29, 1.82) is 0 Å². The van der Waals surface area contributed by atoms with Gasteiger partial charge in [0.05, 0.1) is 33.6 Å². The summed E-state index contributed by atoms with van der Waals surface area (Å²) in [4.78, 5) is 26.2. The lowest BCUT2D eigenvalue weighted by Crippen LogP contribution is -2.39. The van der Waals surface area contributed by atoms with Crippen molar-refractivity contribution in [2.75, 3.05) is 5.32 Å². The number of fused-ring (bicyclic) bond motifs is 2. The number of ether oxygens (including phenoxy) is 2. The molecule has 0 amide bonds. The highest BCUT2D eigenvalue weighted by Crippen LogP contribution is 2.39. The number of nitrogens with zero attached hydrogens (tertiary/aromatic N) is 3. The molecule has 210 valence electrons. The number of carbonyl (C=O) groups excluding carboxylic acids is 1. The van der Waals surface area contributed by atoms with Crippen LogP contribution in [0.4, 0.5) is 11.6 Å². The number of pyridine rings is 3. The van der Waals surface area contributed by atoms with Crippen LogP contribution in [0.25, 0.3) is 10.8 Å². The summed E-state index contributed by atoms with van der Waals surface area (Å²) in [6.07, 6.45) is 3.66. The molecule has 11 heteroatoms. The standard InChI is InChI=1S/C28H36N4O6S/c1-8-28(7,34)21-14-30-25(37-15(2)11-16(3)39(35)36)20-13-29-23(12-19(20)21)31-22-10-9-18-24(32-22)17(4)27(5,6)38-26(18)33/h9-10,12-17,34H,8,11H2,1-7H3,(H,35,36)(H,29,31,32)/t15-,16-,17-,28?/m1/s1. The van der Waals surface area contributed by atoms with Crippen molar-refractivity contribution < 1.29 is 28.1 Å². The summed E-state index contributed by atoms with van der Waals surface area (Å²) in [5.41, 5.74) is -0.110. The summed E-state index contributed by atoms with van der Waals surface area (Å²) in [6, 6.07) is 5.21. The molecule has 4 rings (SSSR count). The molecular weight excluding hydrogens is 520 g/mol. The minimum Gasteiger partial charge on any atom is -0.474 e. The molecule has 0 bridgehead atoms. The highest BCUT2D eigenvalue weighted by Gasteiger charge is 2.40. The summed E-state index contributed by atoms with van der Waals surface area (Å²) in [6.45, 7) is 12.8. The van der Waals surface area contributed by atoms with Gasteiger partial charge in [-0.15, -0.1) is 0 Å². The Morgan fingerprint density at radius 3 is 2.59 bits per heavy atom. The fraction of sp³-hybridized carbons (Fsp3) is 0.500. The third-order valence-corrected chi connectivity index (χ3v) is 8.42. The number of cyclic esters (lactones) is 1. The number of esters is 1. The van der Waals surface area contributed by atoms with Crippen LogP contribution in [0.1, 0.15) is 88.8 Å². The SMILES string of the molecule is CCC(C)(O)c1cnc(O[C@H](C)C[C@@H](C)S(=O)O)c2cnc(Nc3ccc4c(n3)[C@@H](C)C(C)(C)OC4=O)cc12. The molecule has 4 heterocycles. The van der Waals surface area contributed by atoms with Crippen LogP contribution >= 0.6 is 0 Å². The average molecular weight is 557 g/mol. The molecule has 5 atom stereocenters. The van der Waals surface area contributed by atoms with E-state index in [4.69, 9.17) is 14.5 Å². The maximum Gasteiger partial charge on any atom is 0.340 e. The number of anilines is 2. The maximum absolute atomic E-state index is 12.5. The normalized spacial score (nSPS) is 20.3. The first-order chi connectivity index (χ1) is 18.2. The predicted molar refractivity (Wildman–Crippen MR) is 150 cm³/mol. The lowest BCUT2D eigenvalue weighted by atomic mass is 9.84. The molecule has 3 aromatic heterocycles. The Labute approximate surface area is 230 Å². The van der Waals surface area contributed by atoms with Crippen molar-refractivity contribution >= 4 is 39.5 Å². The first-order valence-electron chi connectivity index (χ1n) is 13.0. The third kappa shape index (κ3) is 5.90. The molecule has 10 nitrogen and oxygen atoms in total. The Bertz CT molecular complexity index is 1430. The fourth-order valence-electron chi connectivity index (χ4n) is 4.57. The molecule has 0 spiro atoms. The number of aliphatic hydroxyl groups is 1. The molecule has 1 aliphatic rings. The molecule has 0 aliphatic carbocycles. The Morgan fingerprint density at radius 2 is 1.92 bits per heavy atom. The van der Waals surface area contributed by atoms with Crippen LogP contribution in [0.15, 0.2) is 30.6 Å². The van der Waals surface area contributed by atoms with Gasteiger partial charge >= 0.3 is 5.97 Å². The summed E-state index contributed by atoms with van der Waals surface area (Å²) in [5.74, 6) is 0.831. The Kier molecular flexibility index (Phi) is 7.98. The number of hydrogen-bond acceptors (Lipinski definition) is 9. The van der Waals surface area contributed by atoms with Gasteiger partial charge in [0.15, 0.2) is 11.1 Å². The van der Waals surface area contributed by atoms with Crippen LogP contribution in [-0.4, -0.2) is 51.7 Å². The van der Waals surface area contributed by atoms with E-state index >= 15 is 0 Å². The van der Waals surface area contributed by atoms with Crippen molar-refractivity contribution in [2.24, 2.45) is 0 Å². The highest BCUT2D eigenvalue weighted by molar-refractivity contribution is 7.79. The van der Waals surface area contributed by atoms with E-state index in [1.807, 2.05) is 40.7 Å². The fourth-order valence-corrected chi connectivity index (χ4v) is 5.01. The van der Waals surface area contributed by atoms with E-state index < -0.39 is 33.5 Å². The monoisotopic (exact) mass is 556 g/mol. The van der Waals surface area contributed by atoms with Crippen LogP contribution < -0.4 is 10.1 Å². The van der Waals surface area contributed by atoms with E-state index in [0.717, 1.165) is 0 Å². The molecule has 3 N–H and O–H groups in total. The average Bonchev–Trinajstić information content (AvgIpc) is 2.86. The first kappa shape index (κ1) is 28.8. The largest absolute Gasteiger partial charge is 0.474 e. The Hall–Kier alpha value is -3.15. The van der Waals surface area contributed by atoms with Crippen molar-refractivity contribution in [2.45, 2.75) is 89.8 Å². The number of nitrogens with one attached hydrogen (secondary N) is 1. The second-order valence-electron chi connectivity index (χ2n) is 10.9. The van der Waals surface area contributed by atoms with Gasteiger partial charge in [0.2, 0.25) is 5.88 Å². The van der Waals surface area contributed by atoms with Gasteiger partial charge in [0.25, 0.3) is 0 Å². The summed E-state index contributed by atoms with van der Waals surface area (Å²) < 4.78 is 32.4. The van der Waals surface area contributed by atoms with Crippen LogP contribution in [0.2, 0.25) is 0 Å². The Balaban J connectivity index is 1.72. The van der Waals surface area contributed by atoms with Crippen LogP contribution in [0.3, 0.4) is 0 Å². The van der Waals surface area contributed by atoms with Gasteiger partial charge in [-0.2, -0.15) is 0 Å². The molecule has 0 saturated carbocycles. The van der Waals surface area contributed by atoms with Gasteiger partial charge in [-0.25, -0.2) is 24.0 Å². The van der Waals surface area contributed by atoms with E-state index in [9.17, 15) is 18.7 Å². The van der Waals surface area contributed by atoms with Crippen molar-refractivity contribution in [3.05, 3.63) is 47.4 Å². The maximum atomic E-state index is 12.5. The zero-order valence-electron chi connectivity index (χ0n) is 23.3. The zero-order valence-corrected chi connectivity index (χ0v) is 24.1. The van der Waals surface area contributed by atoms with Gasteiger partial charge in [0.1, 0.15) is 17.2 Å². The van der Waals surface area contributed by atoms with Crippen molar-refractivity contribution in [1.82, 2.24) is 15.0 Å². The first-order valence-corrected chi connectivity index (χ1v) is 14.2. The van der Waals surface area contributed by atoms with Gasteiger partial charge in [-0.3, -0.25) is 0 Å². The van der Waals surface area contributed by atoms with Crippen molar-refractivity contribution in [3.63, 3.8) is 0 Å². The van der Waals surface area contributed by atoms with Crippen LogP contribution in [0, 0.1) is 0 Å². The second kappa shape index (κ2) is 10.8. The molecule has 0 radical (unpaired) electrons. The predicted octanol–water partition coefficient (Wildman–Crippen LogP) is 5.21. The highest BCUT2D eigenvalue weighted by atomic mass is 32.2. The second-order valence-corrected chi connectivity index (χ2v) is 12.3. The molecule has 2 unspecified atom stereocenters. The van der Waals surface area contributed by atoms with Gasteiger partial charge in [-0.05, 0) is 64.6 Å². The number of aromatic nitrogens is 3. The molecule has 0 aromatic carbocycles. The van der Waals surface area contributed by atoms with Gasteiger partial charge < -0.3 is 24.4 Å². The van der Waals surface area contributed by atoms with E-state index in [1.165, 1.54) is 0 Å². The summed E-state index contributed by atoms with van der Waals surface area (Å²) >= 11 is -1.95. The topological polar surface area (TPSA) is 144 Å². The molecule has 39 heavy (non-hydrogen) atoms. The number of carbonyl (C=O) groups is 1. The summed E-state index contributed by atoms with van der Waals surface area (Å²) in [7, 11) is 0. The minimum absolute atomic E-state index is 0.110. The quantitative estimate of drug-likeness (QED) is 0.237. The van der Waals surface area contributed by atoms with Gasteiger partial charge in [0, 0.05) is 30.3 Å². The molecule has 0 saturated heterocycles. The molecular formula is C28H36N4O6S. The number of hydrogen-bond donors (Lipinski definition) is 3. The van der Waals surface area contributed by atoms with E-state index in [0.29, 0.717) is 58.0 Å². The smallest absolute Gasteiger partial charge is 0.340 e. The zero-order chi connectivity index (χ0) is 28.7. The minimum atomic E-state index is -1.95.